The first-order valence-corrected chi connectivity index (χ1v) is 9.35. The van der Waals surface area contributed by atoms with Crippen LogP contribution in [-0.2, 0) is 0 Å². The van der Waals surface area contributed by atoms with Gasteiger partial charge in [-0.1, -0.05) is 0 Å². The van der Waals surface area contributed by atoms with E-state index in [1.807, 2.05) is 42.9 Å². The molecule has 0 saturated carbocycles. The minimum Gasteiger partial charge on any atom is -0.361 e. The Kier molecular flexibility index (Phi) is 4.45. The molecule has 0 radical (unpaired) electrons. The second kappa shape index (κ2) is 7.06. The summed E-state index contributed by atoms with van der Waals surface area (Å²) in [6.45, 7) is 4.05. The largest absolute Gasteiger partial charge is 0.361 e. The van der Waals surface area contributed by atoms with Crippen molar-refractivity contribution in [2.75, 3.05) is 5.32 Å². The molecule has 4 rings (SSSR count). The predicted octanol–water partition coefficient (Wildman–Crippen LogP) is 5.42. The minimum atomic E-state index is 0.506. The zero-order chi connectivity index (χ0) is 18.8. The molecule has 1 aromatic carbocycles. The lowest BCUT2D eigenvalue weighted by molar-refractivity contribution is 1.26. The van der Waals surface area contributed by atoms with Crippen LogP contribution in [0.15, 0.2) is 42.3 Å². The van der Waals surface area contributed by atoms with Gasteiger partial charge in [-0.3, -0.25) is 4.98 Å². The van der Waals surface area contributed by atoms with Crippen molar-refractivity contribution in [2.24, 2.45) is 0 Å². The van der Waals surface area contributed by atoms with Gasteiger partial charge in [-0.15, -0.1) is 11.3 Å². The first-order valence-electron chi connectivity index (χ1n) is 8.47. The highest BCUT2D eigenvalue weighted by atomic mass is 32.1. The predicted molar refractivity (Wildman–Crippen MR) is 111 cm³/mol. The standard InChI is InChI=1S/C21H17N5S/c1-13-17-7-8-24-19(17)5-4-18(13)26-21-15(10-23-11-16(21)9-22)3-6-20-14(2)25-12-27-20/h3-8,10-12,24H,1-2H3,(H,23,26). The van der Waals surface area contributed by atoms with Gasteiger partial charge in [0.2, 0.25) is 0 Å². The van der Waals surface area contributed by atoms with Crippen LogP contribution in [0.3, 0.4) is 0 Å². The van der Waals surface area contributed by atoms with Crippen molar-refractivity contribution >= 4 is 45.8 Å². The van der Waals surface area contributed by atoms with Crippen LogP contribution in [0.1, 0.15) is 27.3 Å². The molecule has 3 aromatic heterocycles. The number of nitriles is 1. The van der Waals surface area contributed by atoms with Gasteiger partial charge in [0.1, 0.15) is 6.07 Å². The molecule has 132 valence electrons. The van der Waals surface area contributed by atoms with Gasteiger partial charge in [0.15, 0.2) is 0 Å². The zero-order valence-electron chi connectivity index (χ0n) is 14.9. The quantitative estimate of drug-likeness (QED) is 0.502. The molecule has 0 aliphatic heterocycles. The molecule has 6 heteroatoms. The molecular weight excluding hydrogens is 354 g/mol. The maximum atomic E-state index is 9.56. The summed E-state index contributed by atoms with van der Waals surface area (Å²) in [7, 11) is 0. The van der Waals surface area contributed by atoms with Crippen LogP contribution in [-0.4, -0.2) is 15.0 Å². The summed E-state index contributed by atoms with van der Waals surface area (Å²) in [6.07, 6.45) is 9.27. The fourth-order valence-electron chi connectivity index (χ4n) is 3.02. The van der Waals surface area contributed by atoms with Crippen molar-refractivity contribution in [1.82, 2.24) is 15.0 Å². The van der Waals surface area contributed by atoms with E-state index in [0.717, 1.165) is 44.0 Å². The number of pyridine rings is 1. The number of anilines is 2. The summed E-state index contributed by atoms with van der Waals surface area (Å²) >= 11 is 1.59. The number of nitrogens with zero attached hydrogens (tertiary/aromatic N) is 3. The maximum Gasteiger partial charge on any atom is 0.103 e. The average molecular weight is 371 g/mol. The van der Waals surface area contributed by atoms with E-state index in [0.29, 0.717) is 5.56 Å². The Balaban J connectivity index is 1.77. The summed E-state index contributed by atoms with van der Waals surface area (Å²) in [6, 6.07) is 8.35. The first kappa shape index (κ1) is 17.0. The van der Waals surface area contributed by atoms with Crippen molar-refractivity contribution in [3.8, 4) is 6.07 Å². The number of rotatable bonds is 4. The summed E-state index contributed by atoms with van der Waals surface area (Å²) in [5.74, 6) is 0. The third-order valence-electron chi connectivity index (χ3n) is 4.56. The number of hydrogen-bond donors (Lipinski definition) is 2. The number of thiazole rings is 1. The monoisotopic (exact) mass is 371 g/mol. The van der Waals surface area contributed by atoms with Crippen LogP contribution >= 0.6 is 11.3 Å². The van der Waals surface area contributed by atoms with Crippen molar-refractivity contribution in [2.45, 2.75) is 13.8 Å². The fourth-order valence-corrected chi connectivity index (χ4v) is 3.71. The SMILES string of the molecule is Cc1ncsc1C=Cc1cncc(C#N)c1Nc1ccc2[nH]ccc2c1C. The third-order valence-corrected chi connectivity index (χ3v) is 5.45. The summed E-state index contributed by atoms with van der Waals surface area (Å²) < 4.78 is 0. The van der Waals surface area contributed by atoms with Crippen molar-refractivity contribution in [3.05, 3.63) is 69.6 Å². The Hall–Kier alpha value is -3.43. The molecule has 0 atom stereocenters. The highest BCUT2D eigenvalue weighted by Gasteiger charge is 2.11. The number of aromatic nitrogens is 3. The van der Waals surface area contributed by atoms with Crippen molar-refractivity contribution in [3.63, 3.8) is 0 Å². The van der Waals surface area contributed by atoms with E-state index >= 15 is 0 Å². The molecular formula is C21H17N5S. The van der Waals surface area contributed by atoms with Crippen LogP contribution in [0.4, 0.5) is 11.4 Å². The van der Waals surface area contributed by atoms with Crippen LogP contribution in [0, 0.1) is 25.2 Å². The molecule has 0 amide bonds. The fraction of sp³-hybridized carbons (Fsp3) is 0.0952. The van der Waals surface area contributed by atoms with Gasteiger partial charge in [-0.05, 0) is 49.8 Å². The number of hydrogen-bond acceptors (Lipinski definition) is 5. The summed E-state index contributed by atoms with van der Waals surface area (Å²) in [5.41, 5.74) is 8.12. The molecule has 4 aromatic rings. The number of fused-ring (bicyclic) bond motifs is 1. The Labute approximate surface area is 161 Å². The second-order valence-corrected chi connectivity index (χ2v) is 7.09. The minimum absolute atomic E-state index is 0.506. The number of aromatic amines is 1. The molecule has 0 fully saturated rings. The van der Waals surface area contributed by atoms with E-state index in [1.165, 1.54) is 0 Å². The molecule has 0 aliphatic rings. The van der Waals surface area contributed by atoms with Crippen molar-refractivity contribution < 1.29 is 0 Å². The Morgan fingerprint density at radius 3 is 2.85 bits per heavy atom. The topological polar surface area (TPSA) is 77.4 Å². The van der Waals surface area contributed by atoms with E-state index in [-0.39, 0.29) is 0 Å². The third kappa shape index (κ3) is 3.21. The highest BCUT2D eigenvalue weighted by Crippen LogP contribution is 2.31. The molecule has 0 spiro atoms. The van der Waals surface area contributed by atoms with Crippen molar-refractivity contribution in [1.29, 1.82) is 5.26 Å². The maximum absolute atomic E-state index is 9.56. The normalized spacial score (nSPS) is 11.1. The van der Waals surface area contributed by atoms with Gasteiger partial charge in [0.05, 0.1) is 22.5 Å². The zero-order valence-corrected chi connectivity index (χ0v) is 15.8. The van der Waals surface area contributed by atoms with Crippen LogP contribution in [0.25, 0.3) is 23.1 Å². The second-order valence-electron chi connectivity index (χ2n) is 6.20. The lowest BCUT2D eigenvalue weighted by Gasteiger charge is -2.14. The first-order chi connectivity index (χ1) is 13.2. The van der Waals surface area contributed by atoms with Gasteiger partial charge >= 0.3 is 0 Å². The molecule has 2 N–H and O–H groups in total. The number of aryl methyl sites for hydroxylation is 2. The Morgan fingerprint density at radius 1 is 1.19 bits per heavy atom. The van der Waals surface area contributed by atoms with E-state index in [4.69, 9.17) is 0 Å². The van der Waals surface area contributed by atoms with Gasteiger partial charge in [-0.2, -0.15) is 5.26 Å². The molecule has 27 heavy (non-hydrogen) atoms. The average Bonchev–Trinajstić information content (AvgIpc) is 3.32. The molecule has 0 saturated heterocycles. The Morgan fingerprint density at radius 2 is 2.07 bits per heavy atom. The lowest BCUT2D eigenvalue weighted by atomic mass is 10.1. The van der Waals surface area contributed by atoms with E-state index in [1.54, 1.807) is 23.7 Å². The molecule has 5 nitrogen and oxygen atoms in total. The smallest absolute Gasteiger partial charge is 0.103 e. The molecule has 0 bridgehead atoms. The van der Waals surface area contributed by atoms with E-state index < -0.39 is 0 Å². The van der Waals surface area contributed by atoms with Gasteiger partial charge in [0, 0.05) is 45.6 Å². The molecule has 0 aliphatic carbocycles. The van der Waals surface area contributed by atoms with Gasteiger partial charge < -0.3 is 10.3 Å². The molecule has 3 heterocycles. The molecule has 0 unspecified atom stereocenters. The van der Waals surface area contributed by atoms with Gasteiger partial charge in [0.25, 0.3) is 0 Å². The number of nitrogens with one attached hydrogen (secondary N) is 2. The van der Waals surface area contributed by atoms with Crippen LogP contribution in [0.2, 0.25) is 0 Å². The number of benzene rings is 1. The number of H-pyrrole nitrogens is 1. The van der Waals surface area contributed by atoms with Gasteiger partial charge in [-0.25, -0.2) is 4.98 Å². The Bertz CT molecular complexity index is 1190. The van der Waals surface area contributed by atoms with E-state index in [9.17, 15) is 5.26 Å². The highest BCUT2D eigenvalue weighted by molar-refractivity contribution is 7.10. The van der Waals surface area contributed by atoms with Crippen LogP contribution < -0.4 is 5.32 Å². The lowest BCUT2D eigenvalue weighted by Crippen LogP contribution is -1.99. The summed E-state index contributed by atoms with van der Waals surface area (Å²) in [5, 5.41) is 14.2. The summed E-state index contributed by atoms with van der Waals surface area (Å²) in [4.78, 5) is 12.8. The van der Waals surface area contributed by atoms with E-state index in [2.05, 4.69) is 39.3 Å². The van der Waals surface area contributed by atoms with Crippen LogP contribution in [0.5, 0.6) is 0 Å².